The van der Waals surface area contributed by atoms with Crippen molar-refractivity contribution < 1.29 is 28.2 Å². The Bertz CT molecular complexity index is 268. The summed E-state index contributed by atoms with van der Waals surface area (Å²) in [6, 6.07) is 0. The molecule has 0 aromatic carbocycles. The zero-order valence-electron chi connectivity index (χ0n) is 9.75. The summed E-state index contributed by atoms with van der Waals surface area (Å²) < 4.78 is 14.8. The van der Waals surface area contributed by atoms with Gasteiger partial charge in [0.1, 0.15) is 13.2 Å². The lowest BCUT2D eigenvalue weighted by molar-refractivity contribution is -0.870. The van der Waals surface area contributed by atoms with Crippen molar-refractivity contribution in [2.24, 2.45) is 5.73 Å². The molecule has 0 aliphatic heterocycles. The molecule has 0 aliphatic rings. The first kappa shape index (κ1) is 17.7. The first-order valence-electron chi connectivity index (χ1n) is 4.38. The predicted molar refractivity (Wildman–Crippen MR) is 58.1 cm³/mol. The van der Waals surface area contributed by atoms with E-state index >= 15 is 0 Å². The Kier molecular flexibility index (Phi) is 8.32. The number of nitrogens with zero attached hydrogens (tertiary/aromatic N) is 1. The van der Waals surface area contributed by atoms with Crippen LogP contribution in [0.5, 0.6) is 0 Å². The van der Waals surface area contributed by atoms with Crippen molar-refractivity contribution in [3.63, 3.8) is 0 Å². The number of carbonyl (C=O) groups excluding carboxylic acids is 1. The molecule has 0 radical (unpaired) electrons. The Morgan fingerprint density at radius 2 is 2.00 bits per heavy atom. The highest BCUT2D eigenvalue weighted by Crippen LogP contribution is 2.29. The molecule has 0 saturated carbocycles. The molecule has 7 nitrogen and oxygen atoms in total. The molecule has 3 N–H and O–H groups in total. The lowest BCUT2D eigenvalue weighted by atomic mass is 10.5. The van der Waals surface area contributed by atoms with Crippen LogP contribution in [0.2, 0.25) is 0 Å². The summed E-state index contributed by atoms with van der Waals surface area (Å²) in [6.07, 6.45) is 1.06. The summed E-state index contributed by atoms with van der Waals surface area (Å²) in [7, 11) is 1.19. The van der Waals surface area contributed by atoms with Crippen LogP contribution in [0.4, 0.5) is 0 Å². The SMILES string of the molecule is C=CC(N)=O.C[N+](C)(C)CCOP(=O)([O-])O. The van der Waals surface area contributed by atoms with Crippen molar-refractivity contribution >= 4 is 13.7 Å². The Morgan fingerprint density at radius 3 is 2.19 bits per heavy atom. The number of amides is 1. The highest BCUT2D eigenvalue weighted by Gasteiger charge is 2.08. The number of hydrogen-bond acceptors (Lipinski definition) is 4. The maximum absolute atomic E-state index is 10.1. The molecule has 0 spiro atoms. The number of primary amides is 1. The lowest BCUT2D eigenvalue weighted by Gasteiger charge is -2.25. The van der Waals surface area contributed by atoms with E-state index in [1.165, 1.54) is 0 Å². The van der Waals surface area contributed by atoms with E-state index in [0.29, 0.717) is 11.0 Å². The van der Waals surface area contributed by atoms with E-state index in [2.05, 4.69) is 16.8 Å². The van der Waals surface area contributed by atoms with Gasteiger partial charge in [-0.15, -0.1) is 0 Å². The molecule has 0 fully saturated rings. The van der Waals surface area contributed by atoms with Gasteiger partial charge in [0.05, 0.1) is 21.1 Å². The van der Waals surface area contributed by atoms with Crippen molar-refractivity contribution in [1.82, 2.24) is 0 Å². The monoisotopic (exact) mass is 254 g/mol. The van der Waals surface area contributed by atoms with Crippen molar-refractivity contribution in [2.75, 3.05) is 34.3 Å². The molecule has 16 heavy (non-hydrogen) atoms. The first-order chi connectivity index (χ1) is 6.98. The second-order valence-corrected chi connectivity index (χ2v) is 5.12. The molecule has 0 aromatic heterocycles. The summed E-state index contributed by atoms with van der Waals surface area (Å²) in [5.41, 5.74) is 4.53. The van der Waals surface area contributed by atoms with Crippen molar-refractivity contribution in [1.29, 1.82) is 0 Å². The van der Waals surface area contributed by atoms with Gasteiger partial charge in [-0.1, -0.05) is 6.58 Å². The molecule has 1 atom stereocenters. The molecule has 0 heterocycles. The molecule has 0 aromatic rings. The van der Waals surface area contributed by atoms with Gasteiger partial charge in [0, 0.05) is 0 Å². The van der Waals surface area contributed by atoms with Crippen LogP contribution in [0, 0.1) is 0 Å². The Hall–Kier alpha value is -0.720. The Balaban J connectivity index is 0. The van der Waals surface area contributed by atoms with E-state index in [1.807, 2.05) is 21.1 Å². The molecular weight excluding hydrogens is 235 g/mol. The van der Waals surface area contributed by atoms with Gasteiger partial charge in [0.25, 0.3) is 7.82 Å². The minimum Gasteiger partial charge on any atom is -0.756 e. The van der Waals surface area contributed by atoms with Gasteiger partial charge in [-0.3, -0.25) is 9.36 Å². The second kappa shape index (κ2) is 7.54. The zero-order valence-corrected chi connectivity index (χ0v) is 10.6. The van der Waals surface area contributed by atoms with Crippen LogP contribution in [0.3, 0.4) is 0 Å². The average Bonchev–Trinajstić information content (AvgIpc) is 2.00. The maximum atomic E-state index is 10.1. The Labute approximate surface area is 95.3 Å². The molecule has 1 amide bonds. The molecule has 0 bridgehead atoms. The third kappa shape index (κ3) is 23.3. The molecule has 1 unspecified atom stereocenters. The number of hydrogen-bond donors (Lipinski definition) is 2. The van der Waals surface area contributed by atoms with Crippen LogP contribution in [0.15, 0.2) is 12.7 Å². The summed E-state index contributed by atoms with van der Waals surface area (Å²) >= 11 is 0. The van der Waals surface area contributed by atoms with Crippen molar-refractivity contribution in [2.45, 2.75) is 0 Å². The minimum absolute atomic E-state index is 0.0147. The first-order valence-corrected chi connectivity index (χ1v) is 5.88. The number of rotatable bonds is 5. The summed E-state index contributed by atoms with van der Waals surface area (Å²) in [4.78, 5) is 27.7. The number of quaternary nitrogens is 1. The second-order valence-electron chi connectivity index (χ2n) is 3.92. The van der Waals surface area contributed by atoms with E-state index in [9.17, 15) is 14.3 Å². The number of nitrogens with two attached hydrogens (primary N) is 1. The molecule has 0 saturated heterocycles. The normalized spacial score (nSPS) is 14.3. The van der Waals surface area contributed by atoms with Crippen LogP contribution in [0.1, 0.15) is 0 Å². The maximum Gasteiger partial charge on any atom is 0.265 e. The quantitative estimate of drug-likeness (QED) is 0.364. The third-order valence-electron chi connectivity index (χ3n) is 1.22. The van der Waals surface area contributed by atoms with E-state index in [-0.39, 0.29) is 6.61 Å². The third-order valence-corrected chi connectivity index (χ3v) is 1.73. The minimum atomic E-state index is -4.51. The standard InChI is InChI=1S/C5H14NO4P.C3H5NO/c1-6(2,3)4-5-10-11(7,8)9;1-2-3(4)5/h4-5H2,1-3H3,(H-,7,8,9);2H,1H2,(H2,4,5). The number of likely N-dealkylation sites (N-methyl/N-ethyl adjacent to an activating group) is 1. The van der Waals surface area contributed by atoms with Gasteiger partial charge < -0.3 is 24.5 Å². The van der Waals surface area contributed by atoms with Gasteiger partial charge in [0.15, 0.2) is 0 Å². The number of phosphoric ester groups is 1. The fourth-order valence-electron chi connectivity index (χ4n) is 0.430. The van der Waals surface area contributed by atoms with Gasteiger partial charge >= 0.3 is 0 Å². The number of phosphoric acid groups is 1. The zero-order chi connectivity index (χ0) is 13.4. The van der Waals surface area contributed by atoms with Crippen molar-refractivity contribution in [3.8, 4) is 0 Å². The Morgan fingerprint density at radius 1 is 1.62 bits per heavy atom. The summed E-state index contributed by atoms with van der Waals surface area (Å²) in [6.45, 7) is 3.63. The van der Waals surface area contributed by atoms with E-state index in [0.717, 1.165) is 6.08 Å². The summed E-state index contributed by atoms with van der Waals surface area (Å²) in [5.74, 6) is -0.481. The van der Waals surface area contributed by atoms with Crippen LogP contribution in [-0.4, -0.2) is 49.6 Å². The number of carbonyl (C=O) groups is 1. The van der Waals surface area contributed by atoms with Crippen molar-refractivity contribution in [3.05, 3.63) is 12.7 Å². The van der Waals surface area contributed by atoms with E-state index in [1.54, 1.807) is 0 Å². The fourth-order valence-corrected chi connectivity index (χ4v) is 0.742. The largest absolute Gasteiger partial charge is 0.756 e. The highest BCUT2D eigenvalue weighted by molar-refractivity contribution is 7.44. The molecule has 96 valence electrons. The van der Waals surface area contributed by atoms with Gasteiger partial charge in [-0.2, -0.15) is 0 Å². The van der Waals surface area contributed by atoms with Gasteiger partial charge in [-0.05, 0) is 6.08 Å². The average molecular weight is 254 g/mol. The van der Waals surface area contributed by atoms with Gasteiger partial charge in [-0.25, -0.2) is 0 Å². The molecule has 0 aliphatic carbocycles. The van der Waals surface area contributed by atoms with Crippen LogP contribution < -0.4 is 10.6 Å². The predicted octanol–water partition coefficient (Wildman–Crippen LogP) is -1.17. The topological polar surface area (TPSA) is 113 Å². The smallest absolute Gasteiger partial charge is 0.265 e. The molecular formula is C8H19N2O5P. The summed E-state index contributed by atoms with van der Waals surface area (Å²) in [5, 5.41) is 0. The molecule has 0 rings (SSSR count). The van der Waals surface area contributed by atoms with Gasteiger partial charge in [0.2, 0.25) is 5.91 Å². The van der Waals surface area contributed by atoms with E-state index < -0.39 is 13.7 Å². The van der Waals surface area contributed by atoms with Crippen LogP contribution in [-0.2, 0) is 13.9 Å². The van der Waals surface area contributed by atoms with Crippen LogP contribution in [0.25, 0.3) is 0 Å². The molecule has 8 heteroatoms. The highest BCUT2D eigenvalue weighted by atomic mass is 31.2. The van der Waals surface area contributed by atoms with Crippen LogP contribution >= 0.6 is 7.82 Å². The van der Waals surface area contributed by atoms with E-state index in [4.69, 9.17) is 4.89 Å². The lowest BCUT2D eigenvalue weighted by Crippen LogP contribution is -2.37. The fraction of sp³-hybridized carbons (Fsp3) is 0.625.